The summed E-state index contributed by atoms with van der Waals surface area (Å²) in [6.45, 7) is 2.08. The lowest BCUT2D eigenvalue weighted by atomic mass is 10.1. The number of carbonyl (C=O) groups excluding carboxylic acids is 3. The molecule has 2 aromatic rings. The highest BCUT2D eigenvalue weighted by Gasteiger charge is 2.16. The summed E-state index contributed by atoms with van der Waals surface area (Å²) >= 11 is 0. The molecule has 0 aliphatic rings. The maximum absolute atomic E-state index is 12.2. The Hall–Kier alpha value is -3.15. The molecule has 0 fully saturated rings. The Labute approximate surface area is 158 Å². The van der Waals surface area contributed by atoms with Crippen molar-refractivity contribution in [3.05, 3.63) is 64.7 Å². The van der Waals surface area contributed by atoms with Crippen molar-refractivity contribution in [1.82, 2.24) is 0 Å². The monoisotopic (exact) mass is 370 g/mol. The Kier molecular flexibility index (Phi) is 7.11. The predicted molar refractivity (Wildman–Crippen MR) is 98.9 cm³/mol. The van der Waals surface area contributed by atoms with Crippen LogP contribution in [-0.4, -0.2) is 32.1 Å². The van der Waals surface area contributed by atoms with Crippen molar-refractivity contribution in [2.45, 2.75) is 26.2 Å². The quantitative estimate of drug-likeness (QED) is 0.549. The van der Waals surface area contributed by atoms with Gasteiger partial charge in [0, 0.05) is 6.42 Å². The summed E-state index contributed by atoms with van der Waals surface area (Å²) in [6, 6.07) is 12.1. The molecule has 0 amide bonds. The minimum absolute atomic E-state index is 0.0876. The second kappa shape index (κ2) is 9.52. The van der Waals surface area contributed by atoms with E-state index < -0.39 is 17.9 Å². The average Bonchev–Trinajstić information content (AvgIpc) is 2.71. The number of methoxy groups -OCH3 is 2. The van der Waals surface area contributed by atoms with Gasteiger partial charge < -0.3 is 14.2 Å². The molecular formula is C21H22O6. The SMILES string of the molecule is CCc1ccc(CCC(=O)Oc2cc(C(=O)OC)cc(C(=O)OC)c2)cc1. The molecule has 0 saturated heterocycles. The lowest BCUT2D eigenvalue weighted by molar-refractivity contribution is -0.134. The van der Waals surface area contributed by atoms with Crippen molar-refractivity contribution in [2.24, 2.45) is 0 Å². The van der Waals surface area contributed by atoms with Crippen LogP contribution in [0.25, 0.3) is 0 Å². The van der Waals surface area contributed by atoms with Crippen LogP contribution in [0, 0.1) is 0 Å². The van der Waals surface area contributed by atoms with E-state index in [9.17, 15) is 14.4 Å². The molecule has 142 valence electrons. The van der Waals surface area contributed by atoms with Gasteiger partial charge in [0.15, 0.2) is 0 Å². The fourth-order valence-corrected chi connectivity index (χ4v) is 2.50. The van der Waals surface area contributed by atoms with Crippen molar-refractivity contribution in [1.29, 1.82) is 0 Å². The number of carbonyl (C=O) groups is 3. The van der Waals surface area contributed by atoms with Crippen molar-refractivity contribution in [3.8, 4) is 5.75 Å². The Morgan fingerprint density at radius 2 is 1.33 bits per heavy atom. The largest absolute Gasteiger partial charge is 0.465 e. The first-order valence-electron chi connectivity index (χ1n) is 8.57. The van der Waals surface area contributed by atoms with Gasteiger partial charge in [0.2, 0.25) is 0 Å². The average molecular weight is 370 g/mol. The van der Waals surface area contributed by atoms with Crippen LogP contribution < -0.4 is 4.74 Å². The van der Waals surface area contributed by atoms with Gasteiger partial charge in [0.05, 0.1) is 25.3 Å². The Bertz CT molecular complexity index is 789. The third-order valence-corrected chi connectivity index (χ3v) is 4.03. The highest BCUT2D eigenvalue weighted by Crippen LogP contribution is 2.20. The maximum atomic E-state index is 12.2. The first-order chi connectivity index (χ1) is 13.0. The first kappa shape index (κ1) is 20.2. The molecule has 0 radical (unpaired) electrons. The fraction of sp³-hybridized carbons (Fsp3) is 0.286. The zero-order valence-electron chi connectivity index (χ0n) is 15.6. The number of hydrogen-bond acceptors (Lipinski definition) is 6. The van der Waals surface area contributed by atoms with E-state index in [1.165, 1.54) is 38.0 Å². The van der Waals surface area contributed by atoms with Crippen molar-refractivity contribution >= 4 is 17.9 Å². The van der Waals surface area contributed by atoms with Gasteiger partial charge in [-0.05, 0) is 42.2 Å². The van der Waals surface area contributed by atoms with E-state index in [1.807, 2.05) is 24.3 Å². The number of rotatable bonds is 7. The van der Waals surface area contributed by atoms with Crippen LogP contribution in [0.4, 0.5) is 0 Å². The van der Waals surface area contributed by atoms with E-state index in [0.29, 0.717) is 6.42 Å². The Balaban J connectivity index is 2.08. The summed E-state index contributed by atoms with van der Waals surface area (Å²) < 4.78 is 14.6. The number of benzene rings is 2. The Morgan fingerprint density at radius 1 is 0.815 bits per heavy atom. The molecule has 0 atom stereocenters. The van der Waals surface area contributed by atoms with Gasteiger partial charge in [-0.3, -0.25) is 4.79 Å². The van der Waals surface area contributed by atoms with Gasteiger partial charge >= 0.3 is 17.9 Å². The van der Waals surface area contributed by atoms with Crippen LogP contribution in [0.3, 0.4) is 0 Å². The van der Waals surface area contributed by atoms with Crippen molar-refractivity contribution in [3.63, 3.8) is 0 Å². The van der Waals surface area contributed by atoms with Crippen molar-refractivity contribution in [2.75, 3.05) is 14.2 Å². The third kappa shape index (κ3) is 5.67. The molecule has 0 unspecified atom stereocenters. The summed E-state index contributed by atoms with van der Waals surface area (Å²) in [4.78, 5) is 35.7. The molecule has 2 aromatic carbocycles. The van der Waals surface area contributed by atoms with Crippen LogP contribution in [0.2, 0.25) is 0 Å². The smallest absolute Gasteiger partial charge is 0.338 e. The zero-order chi connectivity index (χ0) is 19.8. The predicted octanol–water partition coefficient (Wildman–Crippen LogP) is 3.36. The van der Waals surface area contributed by atoms with E-state index in [-0.39, 0.29) is 23.3 Å². The van der Waals surface area contributed by atoms with E-state index in [4.69, 9.17) is 4.74 Å². The topological polar surface area (TPSA) is 78.9 Å². The molecule has 0 aliphatic heterocycles. The lowest BCUT2D eigenvalue weighted by Gasteiger charge is -2.09. The van der Waals surface area contributed by atoms with Crippen LogP contribution in [-0.2, 0) is 27.1 Å². The second-order valence-corrected chi connectivity index (χ2v) is 5.87. The summed E-state index contributed by atoms with van der Waals surface area (Å²) in [5.74, 6) is -1.67. The number of esters is 3. The molecule has 27 heavy (non-hydrogen) atoms. The van der Waals surface area contributed by atoms with Crippen LogP contribution in [0.1, 0.15) is 45.2 Å². The van der Waals surface area contributed by atoms with Crippen LogP contribution >= 0.6 is 0 Å². The summed E-state index contributed by atoms with van der Waals surface area (Å²) in [5, 5.41) is 0. The molecule has 0 N–H and O–H groups in total. The standard InChI is InChI=1S/C21H22O6/c1-4-14-5-7-15(8-6-14)9-10-19(22)27-18-12-16(20(23)25-2)11-17(13-18)21(24)26-3/h5-8,11-13H,4,9-10H2,1-3H3. The third-order valence-electron chi connectivity index (χ3n) is 4.03. The van der Waals surface area contributed by atoms with E-state index in [2.05, 4.69) is 16.4 Å². The Morgan fingerprint density at radius 3 is 1.81 bits per heavy atom. The molecule has 0 bridgehead atoms. The van der Waals surface area contributed by atoms with Gasteiger partial charge in [0.25, 0.3) is 0 Å². The molecule has 0 aromatic heterocycles. The normalized spacial score (nSPS) is 10.2. The molecule has 6 nitrogen and oxygen atoms in total. The van der Waals surface area contributed by atoms with Crippen molar-refractivity contribution < 1.29 is 28.6 Å². The second-order valence-electron chi connectivity index (χ2n) is 5.87. The fourth-order valence-electron chi connectivity index (χ4n) is 2.50. The molecule has 6 heteroatoms. The maximum Gasteiger partial charge on any atom is 0.338 e. The molecule has 2 rings (SSSR count). The van der Waals surface area contributed by atoms with Gasteiger partial charge in [0.1, 0.15) is 5.75 Å². The van der Waals surface area contributed by atoms with E-state index >= 15 is 0 Å². The zero-order valence-corrected chi connectivity index (χ0v) is 15.6. The minimum Gasteiger partial charge on any atom is -0.465 e. The highest BCUT2D eigenvalue weighted by molar-refractivity contribution is 5.96. The summed E-state index contributed by atoms with van der Waals surface area (Å²) in [5.41, 5.74) is 2.45. The van der Waals surface area contributed by atoms with Gasteiger partial charge in [-0.25, -0.2) is 9.59 Å². The first-order valence-corrected chi connectivity index (χ1v) is 8.57. The summed E-state index contributed by atoms with van der Waals surface area (Å²) in [6.07, 6.45) is 1.66. The van der Waals surface area contributed by atoms with Gasteiger partial charge in [-0.15, -0.1) is 0 Å². The van der Waals surface area contributed by atoms with Crippen LogP contribution in [0.15, 0.2) is 42.5 Å². The molecule has 0 aliphatic carbocycles. The minimum atomic E-state index is -0.644. The van der Waals surface area contributed by atoms with Gasteiger partial charge in [-0.2, -0.15) is 0 Å². The highest BCUT2D eigenvalue weighted by atomic mass is 16.5. The molecule has 0 saturated carbocycles. The molecule has 0 spiro atoms. The van der Waals surface area contributed by atoms with E-state index in [0.717, 1.165) is 12.0 Å². The van der Waals surface area contributed by atoms with Crippen LogP contribution in [0.5, 0.6) is 5.75 Å². The summed E-state index contributed by atoms with van der Waals surface area (Å²) in [7, 11) is 2.45. The molecular weight excluding hydrogens is 348 g/mol. The lowest BCUT2D eigenvalue weighted by Crippen LogP contribution is -2.12. The van der Waals surface area contributed by atoms with E-state index in [1.54, 1.807) is 0 Å². The van der Waals surface area contributed by atoms with Gasteiger partial charge in [-0.1, -0.05) is 31.2 Å². The number of aryl methyl sites for hydroxylation is 2. The number of hydrogen-bond donors (Lipinski definition) is 0. The number of ether oxygens (including phenoxy) is 3. The molecule has 0 heterocycles.